The van der Waals surface area contributed by atoms with Crippen LogP contribution in [-0.4, -0.2) is 42.9 Å². The van der Waals surface area contributed by atoms with Gasteiger partial charge in [-0.2, -0.15) is 19.1 Å². The summed E-state index contributed by atoms with van der Waals surface area (Å²) in [6.07, 6.45) is -3.47. The molecule has 0 aromatic carbocycles. The second-order valence-electron chi connectivity index (χ2n) is 8.16. The fraction of sp³-hybridized carbons (Fsp3) is 0.500. The van der Waals surface area contributed by atoms with Gasteiger partial charge in [0.25, 0.3) is 12.3 Å². The topological polar surface area (TPSA) is 107 Å². The molecule has 0 aliphatic carbocycles. The van der Waals surface area contributed by atoms with Crippen molar-refractivity contribution in [3.63, 3.8) is 0 Å². The number of nitrogens with one attached hydrogen (secondary N) is 1. The molecule has 2 aromatic rings. The molecular formula is C20H19F5N6O2. The van der Waals surface area contributed by atoms with E-state index in [2.05, 4.69) is 15.4 Å². The Bertz CT molecular complexity index is 1130. The van der Waals surface area contributed by atoms with E-state index in [4.69, 9.17) is 5.26 Å². The number of amides is 2. The zero-order chi connectivity index (χ0) is 24.0. The third-order valence-corrected chi connectivity index (χ3v) is 5.86. The molecule has 0 bridgehead atoms. The Morgan fingerprint density at radius 1 is 1.36 bits per heavy atom. The van der Waals surface area contributed by atoms with E-state index in [-0.39, 0.29) is 44.5 Å². The summed E-state index contributed by atoms with van der Waals surface area (Å²) in [5, 5.41) is 25.9. The van der Waals surface area contributed by atoms with Crippen LogP contribution in [-0.2, 0) is 25.4 Å². The van der Waals surface area contributed by atoms with Gasteiger partial charge in [0.15, 0.2) is 5.82 Å². The third kappa shape index (κ3) is 4.22. The Morgan fingerprint density at radius 2 is 2.12 bits per heavy atom. The van der Waals surface area contributed by atoms with Gasteiger partial charge in [-0.1, -0.05) is 0 Å². The number of halogens is 5. The average Bonchev–Trinajstić information content (AvgIpc) is 3.06. The van der Waals surface area contributed by atoms with Gasteiger partial charge in [0.05, 0.1) is 42.6 Å². The first kappa shape index (κ1) is 22.9. The molecule has 2 aliphatic rings. The van der Waals surface area contributed by atoms with E-state index >= 15 is 8.78 Å². The summed E-state index contributed by atoms with van der Waals surface area (Å²) < 4.78 is 71.0. The summed E-state index contributed by atoms with van der Waals surface area (Å²) in [7, 11) is 0. The molecule has 2 N–H and O–H groups in total. The lowest BCUT2D eigenvalue weighted by molar-refractivity contribution is -0.0394. The van der Waals surface area contributed by atoms with E-state index in [1.54, 1.807) is 6.07 Å². The van der Waals surface area contributed by atoms with Crippen LogP contribution in [0.1, 0.15) is 48.3 Å². The molecule has 4 heterocycles. The molecule has 0 radical (unpaired) electrons. The maximum absolute atomic E-state index is 15.0. The number of fused-ring (bicyclic) bond motifs is 3. The molecule has 2 aromatic heterocycles. The van der Waals surface area contributed by atoms with Crippen molar-refractivity contribution < 1.29 is 31.9 Å². The Morgan fingerprint density at radius 3 is 2.82 bits per heavy atom. The van der Waals surface area contributed by atoms with Crippen LogP contribution in [0.2, 0.25) is 0 Å². The van der Waals surface area contributed by atoms with Crippen LogP contribution in [0.5, 0.6) is 0 Å². The van der Waals surface area contributed by atoms with Crippen molar-refractivity contribution in [3.05, 3.63) is 40.7 Å². The minimum Gasteiger partial charge on any atom is -0.387 e. The highest BCUT2D eigenvalue weighted by Gasteiger charge is 2.47. The van der Waals surface area contributed by atoms with E-state index < -0.39 is 53.3 Å². The molecule has 8 nitrogen and oxygen atoms in total. The number of aliphatic hydroxyl groups is 1. The van der Waals surface area contributed by atoms with Gasteiger partial charge in [0.2, 0.25) is 0 Å². The number of rotatable bonds is 3. The smallest absolute Gasteiger partial charge is 0.322 e. The number of carbonyl (C=O) groups is 1. The number of alkyl halides is 4. The summed E-state index contributed by atoms with van der Waals surface area (Å²) in [6, 6.07) is 1.97. The lowest BCUT2D eigenvalue weighted by atomic mass is 9.93. The molecule has 1 unspecified atom stereocenters. The van der Waals surface area contributed by atoms with E-state index in [0.29, 0.717) is 5.69 Å². The quantitative estimate of drug-likeness (QED) is 0.668. The molecular weight excluding hydrogens is 451 g/mol. The summed E-state index contributed by atoms with van der Waals surface area (Å²) in [5.41, 5.74) is -3.25. The largest absolute Gasteiger partial charge is 0.387 e. The van der Waals surface area contributed by atoms with Crippen molar-refractivity contribution in [1.29, 1.82) is 5.26 Å². The minimum absolute atomic E-state index is 0.0672. The molecule has 33 heavy (non-hydrogen) atoms. The molecule has 2 amide bonds. The lowest BCUT2D eigenvalue weighted by Crippen LogP contribution is -2.39. The Balaban J connectivity index is 1.60. The van der Waals surface area contributed by atoms with Crippen LogP contribution >= 0.6 is 0 Å². The minimum atomic E-state index is -3.36. The standard InChI is InChI=1S/C20H19F5N6O2/c21-14-13(1-7-27-15(14)17(22)23)28-18(32)30-8-2-12-11(9-30)16-20(24,25)4-3-19(33,5-6-26)10-31(16)29-12/h1,7,17,33H,2-5,8-10H2,(H,27,28,32). The predicted molar refractivity (Wildman–Crippen MR) is 103 cm³/mol. The maximum atomic E-state index is 15.0. The molecule has 13 heteroatoms. The van der Waals surface area contributed by atoms with E-state index in [1.165, 1.54) is 0 Å². The Hall–Kier alpha value is -3.27. The van der Waals surface area contributed by atoms with Gasteiger partial charge >= 0.3 is 6.03 Å². The number of aromatic nitrogens is 3. The highest BCUT2D eigenvalue weighted by molar-refractivity contribution is 5.89. The fourth-order valence-electron chi connectivity index (χ4n) is 4.18. The molecule has 0 saturated heterocycles. The Labute approximate surface area is 184 Å². The SMILES string of the molecule is N#CCC1(O)CCC(F)(F)c2c3c(nn2C1)CCN(C(=O)Nc1ccnc(C(F)F)c1F)C3. The first-order valence-electron chi connectivity index (χ1n) is 10.1. The number of hydrogen-bond acceptors (Lipinski definition) is 5. The van der Waals surface area contributed by atoms with E-state index in [0.717, 1.165) is 21.8 Å². The first-order chi connectivity index (χ1) is 15.5. The fourth-order valence-corrected chi connectivity index (χ4v) is 4.18. The maximum Gasteiger partial charge on any atom is 0.322 e. The van der Waals surface area contributed by atoms with Crippen LogP contribution < -0.4 is 5.32 Å². The van der Waals surface area contributed by atoms with Gasteiger partial charge < -0.3 is 15.3 Å². The van der Waals surface area contributed by atoms with Crippen molar-refractivity contribution in [1.82, 2.24) is 19.7 Å². The number of urea groups is 1. The van der Waals surface area contributed by atoms with Crippen molar-refractivity contribution >= 4 is 11.7 Å². The average molecular weight is 470 g/mol. The van der Waals surface area contributed by atoms with Gasteiger partial charge in [0.1, 0.15) is 11.4 Å². The monoisotopic (exact) mass is 470 g/mol. The number of nitriles is 1. The molecule has 0 spiro atoms. The van der Waals surface area contributed by atoms with Crippen molar-refractivity contribution in [2.24, 2.45) is 0 Å². The van der Waals surface area contributed by atoms with E-state index in [9.17, 15) is 23.1 Å². The van der Waals surface area contributed by atoms with Gasteiger partial charge in [-0.15, -0.1) is 0 Å². The molecule has 0 fully saturated rings. The van der Waals surface area contributed by atoms with Crippen LogP contribution in [0, 0.1) is 17.1 Å². The summed E-state index contributed by atoms with van der Waals surface area (Å²) in [5.74, 6) is -4.73. The molecule has 4 rings (SSSR count). The lowest BCUT2D eigenvalue weighted by Gasteiger charge is -2.28. The molecule has 0 saturated carbocycles. The predicted octanol–water partition coefficient (Wildman–Crippen LogP) is 3.48. The normalized spacial score (nSPS) is 21.7. The third-order valence-electron chi connectivity index (χ3n) is 5.86. The van der Waals surface area contributed by atoms with Gasteiger partial charge in [0, 0.05) is 31.1 Å². The van der Waals surface area contributed by atoms with Gasteiger partial charge in [-0.3, -0.25) is 9.67 Å². The molecule has 2 aliphatic heterocycles. The number of anilines is 1. The van der Waals surface area contributed by atoms with Gasteiger partial charge in [-0.05, 0) is 12.5 Å². The Kier molecular flexibility index (Phi) is 5.73. The van der Waals surface area contributed by atoms with Crippen molar-refractivity contribution in [2.75, 3.05) is 11.9 Å². The zero-order valence-corrected chi connectivity index (χ0v) is 17.2. The van der Waals surface area contributed by atoms with Crippen molar-refractivity contribution in [2.45, 2.75) is 56.7 Å². The second-order valence-corrected chi connectivity index (χ2v) is 8.16. The first-order valence-corrected chi connectivity index (χ1v) is 10.1. The van der Waals surface area contributed by atoms with E-state index in [1.807, 2.05) is 0 Å². The molecule has 176 valence electrons. The van der Waals surface area contributed by atoms with Crippen LogP contribution in [0.3, 0.4) is 0 Å². The van der Waals surface area contributed by atoms with Crippen molar-refractivity contribution in [3.8, 4) is 6.07 Å². The number of carbonyl (C=O) groups excluding carboxylic acids is 1. The second kappa shape index (κ2) is 8.26. The summed E-state index contributed by atoms with van der Waals surface area (Å²) in [4.78, 5) is 17.1. The highest BCUT2D eigenvalue weighted by atomic mass is 19.3. The summed E-state index contributed by atoms with van der Waals surface area (Å²) >= 11 is 0. The van der Waals surface area contributed by atoms with Crippen LogP contribution in [0.15, 0.2) is 12.3 Å². The number of nitrogens with zero attached hydrogens (tertiary/aromatic N) is 5. The molecule has 1 atom stereocenters. The van der Waals surface area contributed by atoms with Crippen LogP contribution in [0.25, 0.3) is 0 Å². The zero-order valence-electron chi connectivity index (χ0n) is 17.2. The van der Waals surface area contributed by atoms with Crippen LogP contribution in [0.4, 0.5) is 32.4 Å². The summed E-state index contributed by atoms with van der Waals surface area (Å²) in [6.45, 7) is -0.488. The highest BCUT2D eigenvalue weighted by Crippen LogP contribution is 2.43. The van der Waals surface area contributed by atoms with Gasteiger partial charge in [-0.25, -0.2) is 18.0 Å². The number of hydrogen-bond donors (Lipinski definition) is 2. The number of pyridine rings is 1.